The Morgan fingerprint density at radius 3 is 2.59 bits per heavy atom. The molecule has 1 N–H and O–H groups in total. The van der Waals surface area contributed by atoms with Gasteiger partial charge in [0.1, 0.15) is 12.0 Å². The first kappa shape index (κ1) is 26.8. The third-order valence-corrected chi connectivity index (χ3v) is 7.66. The van der Waals surface area contributed by atoms with E-state index in [-0.39, 0.29) is 28.2 Å². The molecule has 12 heteroatoms. The fourth-order valence-electron chi connectivity index (χ4n) is 5.48. The highest BCUT2D eigenvalue weighted by atomic mass is 35.5. The molecular weight excluding hydrogens is 554 g/mol. The summed E-state index contributed by atoms with van der Waals surface area (Å²) in [6, 6.07) is 10.5. The molecule has 0 spiro atoms. The number of benzene rings is 1. The van der Waals surface area contributed by atoms with E-state index in [9.17, 15) is 18.4 Å². The number of hydrogen-bond acceptors (Lipinski definition) is 6. The lowest BCUT2D eigenvalue weighted by Crippen LogP contribution is -2.39. The zero-order valence-electron chi connectivity index (χ0n) is 21.7. The third-order valence-electron chi connectivity index (χ3n) is 7.46. The van der Waals surface area contributed by atoms with Gasteiger partial charge in [0.25, 0.3) is 12.3 Å². The Kier molecular flexibility index (Phi) is 7.36. The van der Waals surface area contributed by atoms with Crippen molar-refractivity contribution in [3.63, 3.8) is 0 Å². The number of fused-ring (bicyclic) bond motifs is 1. The molecule has 0 bridgehead atoms. The van der Waals surface area contributed by atoms with E-state index in [1.54, 1.807) is 27.7 Å². The van der Waals surface area contributed by atoms with Crippen LogP contribution in [0.25, 0.3) is 28.2 Å². The van der Waals surface area contributed by atoms with Crippen LogP contribution in [0, 0.1) is 5.92 Å². The second-order valence-corrected chi connectivity index (χ2v) is 10.5. The fraction of sp³-hybridized carbons (Fsp3) is 0.276. The molecule has 4 aromatic heterocycles. The van der Waals surface area contributed by atoms with Gasteiger partial charge in [-0.05, 0) is 55.9 Å². The SMILES string of the molecule is O=C(N[C@H]1CC[C@H](Cn2c(=O)n(-c3cncc(-c4ncco4)c3)c3ccccc32)CC1)c1cc(Cl)cnc1C(F)F. The second kappa shape index (κ2) is 11.2. The standard InChI is InChI=1S/C29H25ClF2N6O3/c30-19-12-22(25(26(31)32)35-14-19)27(39)36-20-7-5-17(6-8-20)16-37-23-3-1-2-4-24(23)38(29(37)40)21-11-18(13-33-15-21)28-34-9-10-41-28/h1-4,9-15,17,20,26H,5-8,16H2,(H,36,39)/t17-,20-. The van der Waals surface area contributed by atoms with Crippen molar-refractivity contribution in [2.45, 2.75) is 44.7 Å². The van der Waals surface area contributed by atoms with E-state index in [2.05, 4.69) is 20.3 Å². The molecule has 6 rings (SSSR count). The van der Waals surface area contributed by atoms with Crippen molar-refractivity contribution < 1.29 is 18.0 Å². The van der Waals surface area contributed by atoms with Gasteiger partial charge < -0.3 is 9.73 Å². The van der Waals surface area contributed by atoms with Gasteiger partial charge in [0.05, 0.1) is 45.3 Å². The number of hydrogen-bond donors (Lipinski definition) is 1. The molecule has 0 saturated heterocycles. The maximum atomic E-state index is 13.8. The van der Waals surface area contributed by atoms with Gasteiger partial charge in [-0.2, -0.15) is 0 Å². The molecule has 4 heterocycles. The number of carbonyl (C=O) groups is 1. The summed E-state index contributed by atoms with van der Waals surface area (Å²) in [5, 5.41) is 2.98. The highest BCUT2D eigenvalue weighted by Gasteiger charge is 2.27. The van der Waals surface area contributed by atoms with Crippen molar-refractivity contribution >= 4 is 28.5 Å². The van der Waals surface area contributed by atoms with Crippen molar-refractivity contribution in [1.29, 1.82) is 0 Å². The highest BCUT2D eigenvalue weighted by molar-refractivity contribution is 6.30. The molecule has 0 atom stereocenters. The average molecular weight is 579 g/mol. The van der Waals surface area contributed by atoms with Crippen molar-refractivity contribution in [3.05, 3.63) is 94.2 Å². The predicted octanol–water partition coefficient (Wildman–Crippen LogP) is 5.82. The smallest absolute Gasteiger partial charge is 0.333 e. The topological polar surface area (TPSA) is 108 Å². The number of amides is 1. The van der Waals surface area contributed by atoms with E-state index in [1.807, 2.05) is 30.3 Å². The van der Waals surface area contributed by atoms with E-state index < -0.39 is 18.0 Å². The first-order valence-corrected chi connectivity index (χ1v) is 13.6. The fourth-order valence-corrected chi connectivity index (χ4v) is 5.64. The number of rotatable bonds is 7. The Labute approximate surface area is 237 Å². The van der Waals surface area contributed by atoms with E-state index in [4.69, 9.17) is 16.0 Å². The van der Waals surface area contributed by atoms with Gasteiger partial charge in [-0.3, -0.25) is 23.9 Å². The zero-order chi connectivity index (χ0) is 28.5. The number of alkyl halides is 2. The number of oxazole rings is 1. The summed E-state index contributed by atoms with van der Waals surface area (Å²) in [6.45, 7) is 0.508. The molecular formula is C29H25ClF2N6O3. The summed E-state index contributed by atoms with van der Waals surface area (Å²) in [7, 11) is 0. The first-order chi connectivity index (χ1) is 19.9. The van der Waals surface area contributed by atoms with E-state index in [1.165, 1.54) is 12.3 Å². The number of para-hydroxylation sites is 2. The summed E-state index contributed by atoms with van der Waals surface area (Å²) in [5.41, 5.74) is 1.85. The van der Waals surface area contributed by atoms with Crippen LogP contribution in [0.15, 0.2) is 76.7 Å². The van der Waals surface area contributed by atoms with Crippen LogP contribution in [-0.2, 0) is 6.54 Å². The normalized spacial score (nSPS) is 17.3. The van der Waals surface area contributed by atoms with Gasteiger partial charge in [-0.25, -0.2) is 18.6 Å². The van der Waals surface area contributed by atoms with E-state index in [0.29, 0.717) is 36.5 Å². The van der Waals surface area contributed by atoms with Gasteiger partial charge in [0.15, 0.2) is 0 Å². The molecule has 0 unspecified atom stereocenters. The lowest BCUT2D eigenvalue weighted by atomic mass is 9.85. The number of halogens is 3. The number of imidazole rings is 1. The van der Waals surface area contributed by atoms with Crippen LogP contribution in [0.3, 0.4) is 0 Å². The van der Waals surface area contributed by atoms with Gasteiger partial charge in [-0.1, -0.05) is 23.7 Å². The van der Waals surface area contributed by atoms with E-state index >= 15 is 0 Å². The predicted molar refractivity (Wildman–Crippen MR) is 148 cm³/mol. The molecule has 1 aliphatic carbocycles. The van der Waals surface area contributed by atoms with Gasteiger partial charge in [-0.15, -0.1) is 0 Å². The monoisotopic (exact) mass is 578 g/mol. The molecule has 1 amide bonds. The largest absolute Gasteiger partial charge is 0.444 e. The maximum Gasteiger partial charge on any atom is 0.333 e. The molecule has 210 valence electrons. The average Bonchev–Trinajstić information content (AvgIpc) is 3.61. The Hall–Kier alpha value is -4.38. The summed E-state index contributed by atoms with van der Waals surface area (Å²) in [6.07, 6.45) is 7.35. The third kappa shape index (κ3) is 5.37. The van der Waals surface area contributed by atoms with Gasteiger partial charge in [0.2, 0.25) is 5.89 Å². The minimum absolute atomic E-state index is 0.119. The van der Waals surface area contributed by atoms with Crippen molar-refractivity contribution in [2.75, 3.05) is 0 Å². The van der Waals surface area contributed by atoms with Crippen LogP contribution < -0.4 is 11.0 Å². The molecule has 0 radical (unpaired) electrons. The number of nitrogens with one attached hydrogen (secondary N) is 1. The van der Waals surface area contributed by atoms with Crippen LogP contribution in [0.4, 0.5) is 8.78 Å². The number of pyridine rings is 2. The number of carbonyl (C=O) groups excluding carboxylic acids is 1. The van der Waals surface area contributed by atoms with Crippen molar-refractivity contribution in [2.24, 2.45) is 5.92 Å². The van der Waals surface area contributed by atoms with Crippen LogP contribution in [0.5, 0.6) is 0 Å². The number of aromatic nitrogens is 5. The molecule has 9 nitrogen and oxygen atoms in total. The lowest BCUT2D eigenvalue weighted by molar-refractivity contribution is 0.0904. The minimum atomic E-state index is -2.88. The molecule has 1 fully saturated rings. The highest BCUT2D eigenvalue weighted by Crippen LogP contribution is 2.29. The van der Waals surface area contributed by atoms with Gasteiger partial charge >= 0.3 is 5.69 Å². The van der Waals surface area contributed by atoms with Crippen LogP contribution in [-0.4, -0.2) is 36.0 Å². The van der Waals surface area contributed by atoms with Crippen LogP contribution in [0.2, 0.25) is 5.02 Å². The number of nitrogens with zero attached hydrogens (tertiary/aromatic N) is 5. The molecule has 41 heavy (non-hydrogen) atoms. The summed E-state index contributed by atoms with van der Waals surface area (Å²) >= 11 is 5.90. The van der Waals surface area contributed by atoms with Crippen LogP contribution >= 0.6 is 11.6 Å². The van der Waals surface area contributed by atoms with Crippen molar-refractivity contribution in [1.82, 2.24) is 29.4 Å². The Balaban J connectivity index is 1.19. The molecule has 1 saturated carbocycles. The zero-order valence-corrected chi connectivity index (χ0v) is 22.5. The second-order valence-electron chi connectivity index (χ2n) is 10.1. The summed E-state index contributed by atoms with van der Waals surface area (Å²) < 4.78 is 35.6. The Bertz CT molecular complexity index is 1760. The summed E-state index contributed by atoms with van der Waals surface area (Å²) in [4.78, 5) is 38.7. The van der Waals surface area contributed by atoms with E-state index in [0.717, 1.165) is 30.1 Å². The van der Waals surface area contributed by atoms with Gasteiger partial charge in [0, 0.05) is 25.0 Å². The molecule has 1 aromatic carbocycles. The Morgan fingerprint density at radius 1 is 1.07 bits per heavy atom. The lowest BCUT2D eigenvalue weighted by Gasteiger charge is -2.29. The molecule has 0 aliphatic heterocycles. The maximum absolute atomic E-state index is 13.8. The Morgan fingerprint density at radius 2 is 1.85 bits per heavy atom. The summed E-state index contributed by atoms with van der Waals surface area (Å²) in [5.74, 6) is -0.00276. The van der Waals surface area contributed by atoms with Crippen molar-refractivity contribution in [3.8, 4) is 17.1 Å². The molecule has 5 aromatic rings. The van der Waals surface area contributed by atoms with Crippen LogP contribution in [0.1, 0.15) is 48.2 Å². The quantitative estimate of drug-likeness (QED) is 0.261. The minimum Gasteiger partial charge on any atom is -0.444 e. The molecule has 1 aliphatic rings. The first-order valence-electron chi connectivity index (χ1n) is 13.2.